The Morgan fingerprint density at radius 2 is 2.00 bits per heavy atom. The highest BCUT2D eigenvalue weighted by Crippen LogP contribution is 2.43. The number of nitrogens with one attached hydrogen (secondary N) is 1. The summed E-state index contributed by atoms with van der Waals surface area (Å²) >= 11 is 0. The molecule has 1 atom stereocenters. The lowest BCUT2D eigenvalue weighted by atomic mass is 9.75. The van der Waals surface area contributed by atoms with Gasteiger partial charge in [-0.05, 0) is 36.1 Å². The molecule has 0 unspecified atom stereocenters. The lowest BCUT2D eigenvalue weighted by molar-refractivity contribution is -0.120. The van der Waals surface area contributed by atoms with E-state index in [4.69, 9.17) is 4.74 Å². The highest BCUT2D eigenvalue weighted by molar-refractivity contribution is 5.81. The number of aromatic nitrogens is 2. The first kappa shape index (κ1) is 17.1. The van der Waals surface area contributed by atoms with Crippen LogP contribution < -0.4 is 10.1 Å². The number of methoxy groups -OCH3 is 1. The Hall–Kier alpha value is -2.34. The maximum absolute atomic E-state index is 12.2. The summed E-state index contributed by atoms with van der Waals surface area (Å²) < 4.78 is 7.05. The average Bonchev–Trinajstić information content (AvgIpc) is 3.21. The minimum atomic E-state index is -0.115. The molecule has 1 aromatic carbocycles. The number of carbonyl (C=O) groups is 1. The molecule has 0 bridgehead atoms. The molecule has 4 rings (SSSR count). The Morgan fingerprint density at radius 3 is 2.62 bits per heavy atom. The van der Waals surface area contributed by atoms with Crippen molar-refractivity contribution in [1.82, 2.24) is 20.0 Å². The first-order valence-electron chi connectivity index (χ1n) is 9.23. The van der Waals surface area contributed by atoms with Gasteiger partial charge in [0.15, 0.2) is 0 Å². The van der Waals surface area contributed by atoms with Crippen molar-refractivity contribution in [2.75, 3.05) is 20.2 Å². The van der Waals surface area contributed by atoms with Gasteiger partial charge in [0.25, 0.3) is 0 Å². The Bertz CT molecular complexity index is 775. The van der Waals surface area contributed by atoms with Crippen LogP contribution in [0.1, 0.15) is 36.3 Å². The third kappa shape index (κ3) is 3.21. The molecule has 6 nitrogen and oxygen atoms in total. The molecular formula is C20H26N4O2. The largest absolute Gasteiger partial charge is 0.497 e. The smallest absolute Gasteiger partial charge is 0.221 e. The summed E-state index contributed by atoms with van der Waals surface area (Å²) in [5.41, 5.74) is 2.35. The summed E-state index contributed by atoms with van der Waals surface area (Å²) in [7, 11) is 3.62. The number of piperidine rings is 1. The Kier molecular flexibility index (Phi) is 4.44. The predicted molar refractivity (Wildman–Crippen MR) is 98.9 cm³/mol. The molecule has 2 aliphatic heterocycles. The Labute approximate surface area is 154 Å². The number of hydrogen-bond donors (Lipinski definition) is 1. The third-order valence-electron chi connectivity index (χ3n) is 5.89. The van der Waals surface area contributed by atoms with Crippen LogP contribution in [0.25, 0.3) is 0 Å². The average molecular weight is 354 g/mol. The monoisotopic (exact) mass is 354 g/mol. The highest BCUT2D eigenvalue weighted by Gasteiger charge is 2.48. The maximum Gasteiger partial charge on any atom is 0.221 e. The quantitative estimate of drug-likeness (QED) is 0.913. The second kappa shape index (κ2) is 6.76. The van der Waals surface area contributed by atoms with Gasteiger partial charge in [0, 0.05) is 50.8 Å². The molecule has 138 valence electrons. The molecule has 0 saturated carbocycles. The van der Waals surface area contributed by atoms with E-state index in [-0.39, 0.29) is 17.4 Å². The fourth-order valence-corrected chi connectivity index (χ4v) is 4.43. The molecule has 2 fully saturated rings. The molecule has 0 radical (unpaired) electrons. The topological polar surface area (TPSA) is 59.4 Å². The maximum atomic E-state index is 12.2. The number of aryl methyl sites for hydroxylation is 1. The zero-order valence-electron chi connectivity index (χ0n) is 15.4. The van der Waals surface area contributed by atoms with E-state index < -0.39 is 0 Å². The molecule has 1 spiro atoms. The highest BCUT2D eigenvalue weighted by atomic mass is 16.5. The van der Waals surface area contributed by atoms with Gasteiger partial charge in [0.1, 0.15) is 5.75 Å². The predicted octanol–water partition coefficient (Wildman–Crippen LogP) is 2.07. The van der Waals surface area contributed by atoms with Gasteiger partial charge in [-0.2, -0.15) is 5.10 Å². The van der Waals surface area contributed by atoms with Crippen LogP contribution >= 0.6 is 0 Å². The summed E-state index contributed by atoms with van der Waals surface area (Å²) in [5.74, 6) is 1.29. The molecule has 3 heterocycles. The number of carbonyl (C=O) groups excluding carboxylic acids is 1. The van der Waals surface area contributed by atoms with E-state index in [0.29, 0.717) is 6.42 Å². The second-order valence-electron chi connectivity index (χ2n) is 7.53. The molecule has 26 heavy (non-hydrogen) atoms. The molecule has 1 N–H and O–H groups in total. The minimum Gasteiger partial charge on any atom is -0.497 e. The van der Waals surface area contributed by atoms with Crippen LogP contribution in [0.4, 0.5) is 0 Å². The summed E-state index contributed by atoms with van der Waals surface area (Å²) in [5, 5.41) is 7.61. The number of likely N-dealkylation sites (tertiary alicyclic amines) is 1. The summed E-state index contributed by atoms with van der Waals surface area (Å²) in [6.07, 6.45) is 6.50. The standard InChI is InChI=1S/C20H26N4O2/c1-23-14-16(12-21-23)18-11-19(25)22-20(18)7-9-24(10-8-20)13-15-3-5-17(26-2)6-4-15/h3-6,12,14,18H,7-11,13H2,1-2H3,(H,22,25)/t18-/m0/s1. The Morgan fingerprint density at radius 1 is 1.27 bits per heavy atom. The first-order valence-corrected chi connectivity index (χ1v) is 9.23. The number of rotatable bonds is 4. The van der Waals surface area contributed by atoms with E-state index in [9.17, 15) is 4.79 Å². The summed E-state index contributed by atoms with van der Waals surface area (Å²) in [6, 6.07) is 8.27. The number of amides is 1. The van der Waals surface area contributed by atoms with Crippen molar-refractivity contribution in [1.29, 1.82) is 0 Å². The molecule has 1 aromatic heterocycles. The second-order valence-corrected chi connectivity index (χ2v) is 7.53. The van der Waals surface area contributed by atoms with Crippen LogP contribution in [-0.2, 0) is 18.4 Å². The van der Waals surface area contributed by atoms with Gasteiger partial charge in [0.05, 0.1) is 13.3 Å². The summed E-state index contributed by atoms with van der Waals surface area (Å²) in [6.45, 7) is 2.91. The van der Waals surface area contributed by atoms with Crippen molar-refractivity contribution in [3.63, 3.8) is 0 Å². The van der Waals surface area contributed by atoms with Gasteiger partial charge in [-0.3, -0.25) is 14.4 Å². The van der Waals surface area contributed by atoms with Crippen LogP contribution in [0.15, 0.2) is 36.7 Å². The van der Waals surface area contributed by atoms with Crippen molar-refractivity contribution in [2.45, 2.75) is 37.3 Å². The molecule has 6 heteroatoms. The van der Waals surface area contributed by atoms with Crippen molar-refractivity contribution >= 4 is 5.91 Å². The number of hydrogen-bond acceptors (Lipinski definition) is 4. The first-order chi connectivity index (χ1) is 12.6. The molecular weight excluding hydrogens is 328 g/mol. The van der Waals surface area contributed by atoms with E-state index in [1.54, 1.807) is 7.11 Å². The molecule has 2 aliphatic rings. The lowest BCUT2D eigenvalue weighted by Gasteiger charge is -2.42. The van der Waals surface area contributed by atoms with Gasteiger partial charge in [-0.15, -0.1) is 0 Å². The Balaban J connectivity index is 1.43. The van der Waals surface area contributed by atoms with E-state index in [0.717, 1.165) is 38.2 Å². The van der Waals surface area contributed by atoms with Crippen LogP contribution in [0.2, 0.25) is 0 Å². The van der Waals surface area contributed by atoms with Gasteiger partial charge in [0.2, 0.25) is 5.91 Å². The SMILES string of the molecule is COc1ccc(CN2CCC3(CC2)NC(=O)C[C@H]3c2cnn(C)c2)cc1. The molecule has 2 aromatic rings. The lowest BCUT2D eigenvalue weighted by Crippen LogP contribution is -2.53. The van der Waals surface area contributed by atoms with E-state index in [1.165, 1.54) is 11.1 Å². The van der Waals surface area contributed by atoms with Crippen LogP contribution in [-0.4, -0.2) is 46.3 Å². The van der Waals surface area contributed by atoms with E-state index in [2.05, 4.69) is 33.6 Å². The number of nitrogens with zero attached hydrogens (tertiary/aromatic N) is 3. The van der Waals surface area contributed by atoms with Crippen LogP contribution in [0.5, 0.6) is 5.75 Å². The van der Waals surface area contributed by atoms with Gasteiger partial charge in [-0.1, -0.05) is 12.1 Å². The van der Waals surface area contributed by atoms with Gasteiger partial charge >= 0.3 is 0 Å². The fraction of sp³-hybridized carbons (Fsp3) is 0.500. The van der Waals surface area contributed by atoms with Crippen molar-refractivity contribution in [3.8, 4) is 5.75 Å². The normalized spacial score (nSPS) is 22.5. The number of ether oxygens (including phenoxy) is 1. The zero-order valence-corrected chi connectivity index (χ0v) is 15.4. The van der Waals surface area contributed by atoms with Gasteiger partial charge in [-0.25, -0.2) is 0 Å². The molecule has 0 aliphatic carbocycles. The van der Waals surface area contributed by atoms with Crippen LogP contribution in [0, 0.1) is 0 Å². The van der Waals surface area contributed by atoms with E-state index in [1.807, 2.05) is 30.1 Å². The van der Waals surface area contributed by atoms with E-state index >= 15 is 0 Å². The summed E-state index contributed by atoms with van der Waals surface area (Å²) in [4.78, 5) is 14.6. The zero-order chi connectivity index (χ0) is 18.1. The third-order valence-corrected chi connectivity index (χ3v) is 5.89. The van der Waals surface area contributed by atoms with Gasteiger partial charge < -0.3 is 10.1 Å². The number of benzene rings is 1. The van der Waals surface area contributed by atoms with Crippen molar-refractivity contribution in [3.05, 3.63) is 47.8 Å². The fourth-order valence-electron chi connectivity index (χ4n) is 4.43. The van der Waals surface area contributed by atoms with Crippen molar-refractivity contribution in [2.24, 2.45) is 7.05 Å². The molecule has 1 amide bonds. The molecule has 2 saturated heterocycles. The minimum absolute atomic E-state index is 0.115. The van der Waals surface area contributed by atoms with Crippen molar-refractivity contribution < 1.29 is 9.53 Å². The van der Waals surface area contributed by atoms with Crippen LogP contribution in [0.3, 0.4) is 0 Å².